The molecule has 0 bridgehead atoms. The molecule has 1 aromatic heterocycles. The van der Waals surface area contributed by atoms with E-state index in [1.165, 1.54) is 25.1 Å². The van der Waals surface area contributed by atoms with Gasteiger partial charge in [-0.1, -0.05) is 24.3 Å². The van der Waals surface area contributed by atoms with Crippen LogP contribution in [0.5, 0.6) is 11.5 Å². The number of nitrogens with zero attached hydrogens (tertiary/aromatic N) is 2. The minimum absolute atomic E-state index is 0.0738. The summed E-state index contributed by atoms with van der Waals surface area (Å²) in [4.78, 5) is 29.2. The van der Waals surface area contributed by atoms with Crippen LogP contribution in [0.3, 0.4) is 0 Å². The van der Waals surface area contributed by atoms with Crippen molar-refractivity contribution < 1.29 is 13.9 Å². The van der Waals surface area contributed by atoms with Crippen LogP contribution in [0, 0.1) is 11.2 Å². The molecule has 4 aromatic rings. The Balaban J connectivity index is 1.39. The van der Waals surface area contributed by atoms with Gasteiger partial charge in [0.1, 0.15) is 16.8 Å². The van der Waals surface area contributed by atoms with Crippen LogP contribution in [-0.2, 0) is 0 Å². The Kier molecular flexibility index (Phi) is 7.66. The third kappa shape index (κ3) is 5.35. The Bertz CT molecular complexity index is 1750. The average Bonchev–Trinajstić information content (AvgIpc) is 3.50. The first kappa shape index (κ1) is 27.5. The molecule has 2 aliphatic rings. The number of hydrogen-bond acceptors (Lipinski definition) is 6. The highest BCUT2D eigenvalue weighted by Crippen LogP contribution is 2.46. The van der Waals surface area contributed by atoms with Gasteiger partial charge in [-0.25, -0.2) is 4.39 Å². The molecule has 0 aliphatic carbocycles. The van der Waals surface area contributed by atoms with Gasteiger partial charge in [-0.15, -0.1) is 0 Å². The molecule has 0 saturated carbocycles. The Labute approximate surface area is 242 Å². The second-order valence-corrected chi connectivity index (χ2v) is 10.7. The van der Waals surface area contributed by atoms with Gasteiger partial charge in [0.15, 0.2) is 23.3 Å². The number of hydrogen-bond donors (Lipinski definition) is 5. The van der Waals surface area contributed by atoms with E-state index in [1.807, 2.05) is 36.4 Å². The first-order chi connectivity index (χ1) is 20.4. The van der Waals surface area contributed by atoms with E-state index in [2.05, 4.69) is 20.9 Å². The molecule has 6 rings (SSSR count). The van der Waals surface area contributed by atoms with E-state index in [9.17, 15) is 9.59 Å². The summed E-state index contributed by atoms with van der Waals surface area (Å²) in [6, 6.07) is 12.9. The lowest BCUT2D eigenvalue weighted by molar-refractivity contribution is 0.0951. The summed E-state index contributed by atoms with van der Waals surface area (Å²) in [5, 5.41) is 18.0. The van der Waals surface area contributed by atoms with Crippen molar-refractivity contribution in [3.05, 3.63) is 70.3 Å². The number of nitrogens with one attached hydrogen (secondary N) is 4. The zero-order valence-electron chi connectivity index (χ0n) is 23.3. The van der Waals surface area contributed by atoms with Gasteiger partial charge in [-0.3, -0.25) is 15.0 Å². The second kappa shape index (κ2) is 11.7. The summed E-state index contributed by atoms with van der Waals surface area (Å²) in [5.41, 5.74) is 5.93. The van der Waals surface area contributed by atoms with E-state index in [0.29, 0.717) is 49.4 Å². The van der Waals surface area contributed by atoms with Gasteiger partial charge < -0.3 is 35.9 Å². The van der Waals surface area contributed by atoms with E-state index in [0.717, 1.165) is 30.4 Å². The number of benzene rings is 3. The van der Waals surface area contributed by atoms with Crippen molar-refractivity contribution in [3.63, 3.8) is 0 Å². The number of ether oxygens (including phenoxy) is 1. The summed E-state index contributed by atoms with van der Waals surface area (Å²) in [6.45, 7) is 4.20. The van der Waals surface area contributed by atoms with Gasteiger partial charge in [-0.05, 0) is 67.7 Å². The number of carbonyl (C=O) groups is 1. The number of anilines is 1. The SMILES string of the molecule is N=C(N)NCCCCNC(=O)c1cn2c3c(c(NCCN4CCCC4)c(F)cc3c1=O)Oc1cc3ccccc3cc1-2. The fourth-order valence-electron chi connectivity index (χ4n) is 5.74. The molecule has 6 N–H and O–H groups in total. The third-order valence-corrected chi connectivity index (χ3v) is 7.87. The fourth-order valence-corrected chi connectivity index (χ4v) is 5.74. The largest absolute Gasteiger partial charge is 0.451 e. The van der Waals surface area contributed by atoms with Crippen LogP contribution in [0.25, 0.3) is 27.4 Å². The normalized spacial score (nSPS) is 14.0. The smallest absolute Gasteiger partial charge is 0.256 e. The predicted octanol–water partition coefficient (Wildman–Crippen LogP) is 3.89. The summed E-state index contributed by atoms with van der Waals surface area (Å²) in [6.07, 6.45) is 5.18. The second-order valence-electron chi connectivity index (χ2n) is 10.7. The molecule has 1 fully saturated rings. The maximum Gasteiger partial charge on any atom is 0.256 e. The van der Waals surface area contributed by atoms with Crippen LogP contribution >= 0.6 is 0 Å². The van der Waals surface area contributed by atoms with Crippen molar-refractivity contribution in [2.75, 3.05) is 44.6 Å². The third-order valence-electron chi connectivity index (χ3n) is 7.87. The number of likely N-dealkylation sites (tertiary alicyclic amines) is 1. The topological polar surface area (TPSA) is 138 Å². The van der Waals surface area contributed by atoms with Crippen molar-refractivity contribution in [1.29, 1.82) is 5.41 Å². The molecule has 0 radical (unpaired) electrons. The fraction of sp³-hybridized carbons (Fsp3) is 0.323. The number of rotatable bonds is 10. The van der Waals surface area contributed by atoms with Crippen molar-refractivity contribution in [2.24, 2.45) is 5.73 Å². The molecule has 11 heteroatoms. The molecule has 218 valence electrons. The van der Waals surface area contributed by atoms with Crippen LogP contribution in [0.2, 0.25) is 0 Å². The van der Waals surface area contributed by atoms with Crippen LogP contribution in [0.4, 0.5) is 10.1 Å². The van der Waals surface area contributed by atoms with Crippen LogP contribution < -0.4 is 31.8 Å². The molecule has 3 heterocycles. The molecule has 3 aromatic carbocycles. The van der Waals surface area contributed by atoms with Crippen LogP contribution in [0.15, 0.2) is 53.5 Å². The predicted molar refractivity (Wildman–Crippen MR) is 163 cm³/mol. The molecular weight excluding hydrogens is 537 g/mol. The standard InChI is InChI=1S/C31H34FN7O3/c32-23-17-21-27-29(26(23)35-11-14-38-12-5-6-13-38)42-25-16-20-8-2-1-7-19(20)15-24(25)39(27)18-22(28(21)40)30(41)36-9-3-4-10-37-31(33)34/h1-2,7-8,15-18,35H,3-6,9-14H2,(H,36,41)(H4,33,34,37). The molecule has 1 amide bonds. The van der Waals surface area contributed by atoms with E-state index in [1.54, 1.807) is 4.57 Å². The number of guanidine groups is 1. The zero-order chi connectivity index (χ0) is 29.2. The number of aromatic nitrogens is 1. The number of fused-ring (bicyclic) bond motifs is 3. The van der Waals surface area contributed by atoms with Crippen molar-refractivity contribution in [3.8, 4) is 17.2 Å². The number of pyridine rings is 1. The molecule has 0 unspecified atom stereocenters. The number of carbonyl (C=O) groups excluding carboxylic acids is 1. The minimum atomic E-state index is -0.609. The maximum absolute atomic E-state index is 15.7. The molecule has 10 nitrogen and oxygen atoms in total. The minimum Gasteiger partial charge on any atom is -0.451 e. The van der Waals surface area contributed by atoms with Gasteiger partial charge in [0.25, 0.3) is 5.91 Å². The lowest BCUT2D eigenvalue weighted by atomic mass is 10.0. The van der Waals surface area contributed by atoms with Crippen LogP contribution in [-0.4, -0.2) is 60.6 Å². The summed E-state index contributed by atoms with van der Waals surface area (Å²) >= 11 is 0. The Morgan fingerprint density at radius 1 is 1.02 bits per heavy atom. The molecule has 0 spiro atoms. The Hall–Kier alpha value is -4.64. The summed E-state index contributed by atoms with van der Waals surface area (Å²) in [5.74, 6) is -0.512. The number of amides is 1. The monoisotopic (exact) mass is 571 g/mol. The first-order valence-corrected chi connectivity index (χ1v) is 14.4. The van der Waals surface area contributed by atoms with Gasteiger partial charge in [0.05, 0.1) is 11.1 Å². The Morgan fingerprint density at radius 2 is 1.74 bits per heavy atom. The molecule has 1 saturated heterocycles. The summed E-state index contributed by atoms with van der Waals surface area (Å²) in [7, 11) is 0. The van der Waals surface area contributed by atoms with E-state index in [4.69, 9.17) is 15.9 Å². The van der Waals surface area contributed by atoms with E-state index in [-0.39, 0.29) is 28.3 Å². The van der Waals surface area contributed by atoms with E-state index >= 15 is 4.39 Å². The van der Waals surface area contributed by atoms with Crippen LogP contribution in [0.1, 0.15) is 36.0 Å². The quantitative estimate of drug-likeness (QED) is 0.0974. The van der Waals surface area contributed by atoms with Crippen molar-refractivity contribution >= 4 is 39.2 Å². The van der Waals surface area contributed by atoms with E-state index < -0.39 is 17.2 Å². The lowest BCUT2D eigenvalue weighted by Crippen LogP contribution is -2.33. The number of nitrogens with two attached hydrogens (primary N) is 1. The van der Waals surface area contributed by atoms with Crippen molar-refractivity contribution in [1.82, 2.24) is 20.1 Å². The lowest BCUT2D eigenvalue weighted by Gasteiger charge is -2.27. The molecule has 2 aliphatic heterocycles. The zero-order valence-corrected chi connectivity index (χ0v) is 23.3. The van der Waals surface area contributed by atoms with Gasteiger partial charge >= 0.3 is 0 Å². The highest BCUT2D eigenvalue weighted by molar-refractivity contribution is 6.02. The Morgan fingerprint density at radius 3 is 2.48 bits per heavy atom. The van der Waals surface area contributed by atoms with Gasteiger partial charge in [0.2, 0.25) is 5.43 Å². The highest BCUT2D eigenvalue weighted by Gasteiger charge is 2.29. The number of unbranched alkanes of at least 4 members (excludes halogenated alkanes) is 1. The molecular formula is C31H34FN7O3. The first-order valence-electron chi connectivity index (χ1n) is 14.4. The number of halogens is 1. The summed E-state index contributed by atoms with van der Waals surface area (Å²) < 4.78 is 23.8. The maximum atomic E-state index is 15.7. The molecule has 42 heavy (non-hydrogen) atoms. The van der Waals surface area contributed by atoms with Gasteiger partial charge in [0, 0.05) is 32.4 Å². The van der Waals surface area contributed by atoms with Gasteiger partial charge in [-0.2, -0.15) is 0 Å². The average molecular weight is 572 g/mol. The highest BCUT2D eigenvalue weighted by atomic mass is 19.1. The molecule has 0 atom stereocenters. The van der Waals surface area contributed by atoms with Crippen molar-refractivity contribution in [2.45, 2.75) is 25.7 Å².